The molecule has 20 heavy (non-hydrogen) atoms. The maximum Gasteiger partial charge on any atom is 0.265 e. The highest BCUT2D eigenvalue weighted by Gasteiger charge is 2.13. The van der Waals surface area contributed by atoms with Gasteiger partial charge in [-0.15, -0.1) is 0 Å². The van der Waals surface area contributed by atoms with Crippen LogP contribution in [0.4, 0.5) is 20.2 Å². The van der Waals surface area contributed by atoms with Gasteiger partial charge in [-0.25, -0.2) is 8.78 Å². The molecule has 0 saturated carbocycles. The van der Waals surface area contributed by atoms with Gasteiger partial charge in [-0.1, -0.05) is 6.92 Å². The molecule has 6 heteroatoms. The summed E-state index contributed by atoms with van der Waals surface area (Å²) in [5.74, 6) is -0.0964. The van der Waals surface area contributed by atoms with Crippen LogP contribution in [0.15, 0.2) is 18.2 Å². The van der Waals surface area contributed by atoms with Crippen LogP contribution >= 0.6 is 0 Å². The molecular weight excluding hydrogens is 264 g/mol. The minimum Gasteiger partial charge on any atom is -0.399 e. The number of nitrogen functional groups attached to an aromatic ring is 1. The lowest BCUT2D eigenvalue weighted by Gasteiger charge is -2.14. The van der Waals surface area contributed by atoms with E-state index in [1.165, 1.54) is 12.1 Å². The molecule has 112 valence electrons. The first kappa shape index (κ1) is 16.2. The smallest absolute Gasteiger partial charge is 0.265 e. The van der Waals surface area contributed by atoms with Crippen LogP contribution in [0.2, 0.25) is 0 Å². The Morgan fingerprint density at radius 1 is 1.40 bits per heavy atom. The molecule has 1 aromatic rings. The third-order valence-electron chi connectivity index (χ3n) is 3.00. The molecule has 1 unspecified atom stereocenters. The van der Waals surface area contributed by atoms with Crippen LogP contribution in [0.1, 0.15) is 38.7 Å². The third kappa shape index (κ3) is 5.03. The number of halogens is 2. The van der Waals surface area contributed by atoms with Crippen molar-refractivity contribution in [3.63, 3.8) is 0 Å². The minimum atomic E-state index is -2.60. The highest BCUT2D eigenvalue weighted by molar-refractivity contribution is 5.76. The van der Waals surface area contributed by atoms with Crippen LogP contribution in [0.25, 0.3) is 0 Å². The molecule has 0 saturated heterocycles. The monoisotopic (exact) mass is 285 g/mol. The first-order valence-electron chi connectivity index (χ1n) is 6.64. The number of hydrogen-bond acceptors (Lipinski definition) is 3. The Morgan fingerprint density at radius 2 is 2.10 bits per heavy atom. The van der Waals surface area contributed by atoms with Crippen molar-refractivity contribution in [2.24, 2.45) is 0 Å². The maximum absolute atomic E-state index is 12.8. The lowest BCUT2D eigenvalue weighted by atomic mass is 10.1. The number of amides is 1. The van der Waals surface area contributed by atoms with E-state index in [-0.39, 0.29) is 23.9 Å². The molecule has 0 aromatic heterocycles. The van der Waals surface area contributed by atoms with Crippen molar-refractivity contribution in [3.8, 4) is 0 Å². The number of benzene rings is 1. The van der Waals surface area contributed by atoms with E-state index < -0.39 is 6.43 Å². The van der Waals surface area contributed by atoms with Crippen LogP contribution < -0.4 is 16.4 Å². The van der Waals surface area contributed by atoms with Gasteiger partial charge in [0.15, 0.2) is 0 Å². The summed E-state index contributed by atoms with van der Waals surface area (Å²) in [5, 5.41) is 5.66. The number of alkyl halides is 2. The first-order valence-corrected chi connectivity index (χ1v) is 6.64. The van der Waals surface area contributed by atoms with Crippen molar-refractivity contribution in [2.45, 2.75) is 39.2 Å². The molecule has 0 fully saturated rings. The Hall–Kier alpha value is -1.85. The van der Waals surface area contributed by atoms with Gasteiger partial charge in [-0.3, -0.25) is 4.79 Å². The highest BCUT2D eigenvalue weighted by Crippen LogP contribution is 2.28. The van der Waals surface area contributed by atoms with Crippen molar-refractivity contribution >= 4 is 17.3 Å². The predicted molar refractivity (Wildman–Crippen MR) is 76.8 cm³/mol. The lowest BCUT2D eigenvalue weighted by Crippen LogP contribution is -2.33. The summed E-state index contributed by atoms with van der Waals surface area (Å²) in [6.07, 6.45) is -1.51. The van der Waals surface area contributed by atoms with Crippen LogP contribution in [0.3, 0.4) is 0 Å². The van der Waals surface area contributed by atoms with Gasteiger partial charge in [0, 0.05) is 35.9 Å². The molecule has 1 atom stereocenters. The van der Waals surface area contributed by atoms with Crippen LogP contribution in [0.5, 0.6) is 0 Å². The van der Waals surface area contributed by atoms with Gasteiger partial charge in [0.2, 0.25) is 5.91 Å². The van der Waals surface area contributed by atoms with Crippen molar-refractivity contribution in [1.29, 1.82) is 0 Å². The molecule has 0 aliphatic rings. The van der Waals surface area contributed by atoms with E-state index in [1.54, 1.807) is 6.07 Å². The number of nitrogens with two attached hydrogens (primary N) is 1. The van der Waals surface area contributed by atoms with Gasteiger partial charge in [0.25, 0.3) is 6.43 Å². The summed E-state index contributed by atoms with van der Waals surface area (Å²) in [6.45, 7) is 4.19. The quantitative estimate of drug-likeness (QED) is 0.675. The molecule has 1 rings (SSSR count). The van der Waals surface area contributed by atoms with Gasteiger partial charge in [0.1, 0.15) is 0 Å². The Morgan fingerprint density at radius 3 is 2.70 bits per heavy atom. The second-order valence-corrected chi connectivity index (χ2v) is 4.70. The number of carbonyl (C=O) groups excluding carboxylic acids is 1. The van der Waals surface area contributed by atoms with Crippen LogP contribution in [-0.4, -0.2) is 18.5 Å². The predicted octanol–water partition coefficient (Wildman–Crippen LogP) is 2.92. The van der Waals surface area contributed by atoms with E-state index in [9.17, 15) is 13.6 Å². The summed E-state index contributed by atoms with van der Waals surface area (Å²) in [5.41, 5.74) is 5.94. The van der Waals surface area contributed by atoms with Gasteiger partial charge in [0.05, 0.1) is 0 Å². The second-order valence-electron chi connectivity index (χ2n) is 4.70. The molecule has 0 aliphatic carbocycles. The molecule has 4 nitrogen and oxygen atoms in total. The number of anilines is 2. The molecule has 1 aromatic carbocycles. The molecule has 0 heterocycles. The van der Waals surface area contributed by atoms with Crippen molar-refractivity contribution < 1.29 is 13.6 Å². The highest BCUT2D eigenvalue weighted by atomic mass is 19.3. The van der Waals surface area contributed by atoms with Crippen LogP contribution in [-0.2, 0) is 4.79 Å². The lowest BCUT2D eigenvalue weighted by molar-refractivity contribution is -0.121. The SMILES string of the molecule is CCC(C)NC(=O)CCNc1ccc(N)cc1C(F)F. The fourth-order valence-electron chi connectivity index (χ4n) is 1.68. The zero-order valence-electron chi connectivity index (χ0n) is 11.7. The number of rotatable bonds is 7. The Kier molecular flexibility index (Phi) is 6.21. The van der Waals surface area contributed by atoms with E-state index in [1.807, 2.05) is 13.8 Å². The summed E-state index contributed by atoms with van der Waals surface area (Å²) in [7, 11) is 0. The zero-order chi connectivity index (χ0) is 15.1. The fourth-order valence-corrected chi connectivity index (χ4v) is 1.68. The minimum absolute atomic E-state index is 0.0964. The molecule has 0 radical (unpaired) electrons. The number of nitrogens with one attached hydrogen (secondary N) is 2. The molecule has 4 N–H and O–H groups in total. The Bertz CT molecular complexity index is 452. The topological polar surface area (TPSA) is 67.2 Å². The van der Waals surface area contributed by atoms with Gasteiger partial charge in [-0.2, -0.15) is 0 Å². The molecule has 0 bridgehead atoms. The molecule has 0 spiro atoms. The van der Waals surface area contributed by atoms with Crippen molar-refractivity contribution in [2.75, 3.05) is 17.6 Å². The Labute approximate surface area is 117 Å². The largest absolute Gasteiger partial charge is 0.399 e. The summed E-state index contributed by atoms with van der Waals surface area (Å²) in [6, 6.07) is 4.42. The zero-order valence-corrected chi connectivity index (χ0v) is 11.7. The average molecular weight is 285 g/mol. The van der Waals surface area contributed by atoms with E-state index >= 15 is 0 Å². The average Bonchev–Trinajstić information content (AvgIpc) is 2.39. The van der Waals surface area contributed by atoms with Gasteiger partial charge in [-0.05, 0) is 31.5 Å². The van der Waals surface area contributed by atoms with E-state index in [0.29, 0.717) is 17.9 Å². The van der Waals surface area contributed by atoms with E-state index in [4.69, 9.17) is 5.73 Å². The van der Waals surface area contributed by atoms with Crippen molar-refractivity contribution in [1.82, 2.24) is 5.32 Å². The summed E-state index contributed by atoms with van der Waals surface area (Å²) in [4.78, 5) is 11.6. The van der Waals surface area contributed by atoms with Crippen LogP contribution in [0, 0.1) is 0 Å². The molecular formula is C14H21F2N3O. The first-order chi connectivity index (χ1) is 9.43. The maximum atomic E-state index is 12.8. The third-order valence-corrected chi connectivity index (χ3v) is 3.00. The standard InChI is InChI=1S/C14H21F2N3O/c1-3-9(2)19-13(20)6-7-18-12-5-4-10(17)8-11(12)14(15)16/h4-5,8-9,14,18H,3,6-7,17H2,1-2H3,(H,19,20). The van der Waals surface area contributed by atoms with Gasteiger partial charge >= 0.3 is 0 Å². The van der Waals surface area contributed by atoms with Crippen molar-refractivity contribution in [3.05, 3.63) is 23.8 Å². The number of carbonyl (C=O) groups is 1. The van der Waals surface area contributed by atoms with E-state index in [0.717, 1.165) is 6.42 Å². The second kappa shape index (κ2) is 7.67. The summed E-state index contributed by atoms with van der Waals surface area (Å²) < 4.78 is 25.7. The Balaban J connectivity index is 2.52. The molecule has 1 amide bonds. The fraction of sp³-hybridized carbons (Fsp3) is 0.500. The molecule has 0 aliphatic heterocycles. The van der Waals surface area contributed by atoms with E-state index in [2.05, 4.69) is 10.6 Å². The normalized spacial score (nSPS) is 12.2. The summed E-state index contributed by atoms with van der Waals surface area (Å²) >= 11 is 0. The number of hydrogen-bond donors (Lipinski definition) is 3. The van der Waals surface area contributed by atoms with Gasteiger partial charge < -0.3 is 16.4 Å².